The van der Waals surface area contributed by atoms with E-state index in [0.717, 1.165) is 29.5 Å². The molecule has 0 N–H and O–H groups in total. The summed E-state index contributed by atoms with van der Waals surface area (Å²) in [7, 11) is 0. The van der Waals surface area contributed by atoms with Crippen LogP contribution in [0.4, 0.5) is 17.6 Å². The van der Waals surface area contributed by atoms with Gasteiger partial charge >= 0.3 is 0 Å². The maximum atomic E-state index is 13.9. The molecular formula is C26H16Cl3F4N3. The first-order chi connectivity index (χ1) is 17.0. The van der Waals surface area contributed by atoms with Crippen LogP contribution in [0.15, 0.2) is 42.6 Å². The van der Waals surface area contributed by atoms with Gasteiger partial charge in [-0.25, -0.2) is 27.5 Å². The Bertz CT molecular complexity index is 1660. The van der Waals surface area contributed by atoms with E-state index in [1.54, 1.807) is 26.1 Å². The van der Waals surface area contributed by atoms with Gasteiger partial charge in [-0.3, -0.25) is 4.98 Å². The van der Waals surface area contributed by atoms with Gasteiger partial charge in [0, 0.05) is 47.3 Å². The Morgan fingerprint density at radius 1 is 0.667 bits per heavy atom. The number of rotatable bonds is 1. The van der Waals surface area contributed by atoms with Crippen molar-refractivity contribution in [1.82, 2.24) is 15.0 Å². The lowest BCUT2D eigenvalue weighted by Gasteiger charge is -2.11. The van der Waals surface area contributed by atoms with Crippen molar-refractivity contribution < 1.29 is 17.6 Å². The summed E-state index contributed by atoms with van der Waals surface area (Å²) < 4.78 is 53.6. The zero-order valence-electron chi connectivity index (χ0n) is 19.0. The topological polar surface area (TPSA) is 38.7 Å². The van der Waals surface area contributed by atoms with Gasteiger partial charge in [-0.2, -0.15) is 0 Å². The summed E-state index contributed by atoms with van der Waals surface area (Å²) in [6.45, 7) is 5.25. The highest BCUT2D eigenvalue weighted by Crippen LogP contribution is 2.35. The molecule has 0 bridgehead atoms. The lowest BCUT2D eigenvalue weighted by molar-refractivity contribution is 0.590. The number of benzene rings is 2. The number of nitrogens with zero attached hydrogens (tertiary/aromatic N) is 3. The third-order valence-electron chi connectivity index (χ3n) is 5.45. The number of fused-ring (bicyclic) bond motifs is 2. The van der Waals surface area contributed by atoms with Crippen molar-refractivity contribution in [3.8, 4) is 11.3 Å². The number of pyridine rings is 3. The van der Waals surface area contributed by atoms with Crippen LogP contribution < -0.4 is 0 Å². The van der Waals surface area contributed by atoms with Gasteiger partial charge < -0.3 is 0 Å². The summed E-state index contributed by atoms with van der Waals surface area (Å²) in [4.78, 5) is 12.4. The average molecular weight is 553 g/mol. The maximum Gasteiger partial charge on any atom is 0.137 e. The molecule has 0 atom stereocenters. The van der Waals surface area contributed by atoms with Gasteiger partial charge in [0.25, 0.3) is 0 Å². The van der Waals surface area contributed by atoms with E-state index >= 15 is 0 Å². The first-order valence-corrected chi connectivity index (χ1v) is 11.6. The van der Waals surface area contributed by atoms with Gasteiger partial charge in [0.05, 0.1) is 37.5 Å². The van der Waals surface area contributed by atoms with E-state index in [9.17, 15) is 17.6 Å². The summed E-state index contributed by atoms with van der Waals surface area (Å²) in [5, 5.41) is 0.812. The second kappa shape index (κ2) is 10.2. The molecular weight excluding hydrogens is 537 g/mol. The van der Waals surface area contributed by atoms with E-state index in [-0.39, 0.29) is 37.0 Å². The lowest BCUT2D eigenvalue weighted by Crippen LogP contribution is -1.96. The summed E-state index contributed by atoms with van der Waals surface area (Å²) in [5.41, 5.74) is 3.70. The fourth-order valence-corrected chi connectivity index (χ4v) is 4.46. The minimum Gasteiger partial charge on any atom is -0.262 e. The highest BCUT2D eigenvalue weighted by atomic mass is 35.5. The molecule has 3 heterocycles. The lowest BCUT2D eigenvalue weighted by atomic mass is 10.0. The molecule has 10 heteroatoms. The van der Waals surface area contributed by atoms with Crippen LogP contribution in [0, 0.1) is 44.0 Å². The van der Waals surface area contributed by atoms with Crippen molar-refractivity contribution in [3.05, 3.63) is 97.9 Å². The summed E-state index contributed by atoms with van der Waals surface area (Å²) in [6.07, 6.45) is 1.66. The Hall–Kier alpha value is -3.00. The molecule has 0 radical (unpaired) electrons. The second-order valence-corrected chi connectivity index (χ2v) is 9.10. The molecule has 2 aromatic carbocycles. The second-order valence-electron chi connectivity index (χ2n) is 7.99. The van der Waals surface area contributed by atoms with Gasteiger partial charge in [-0.1, -0.05) is 34.8 Å². The monoisotopic (exact) mass is 551 g/mol. The van der Waals surface area contributed by atoms with Crippen LogP contribution in [0.3, 0.4) is 0 Å². The number of hydrogen-bond donors (Lipinski definition) is 0. The average Bonchev–Trinajstić information content (AvgIpc) is 2.79. The highest BCUT2D eigenvalue weighted by molar-refractivity contribution is 6.39. The molecule has 5 rings (SSSR count). The van der Waals surface area contributed by atoms with Crippen LogP contribution in [0.25, 0.3) is 33.1 Å². The van der Waals surface area contributed by atoms with Gasteiger partial charge in [0.2, 0.25) is 0 Å². The van der Waals surface area contributed by atoms with E-state index in [0.29, 0.717) is 16.8 Å². The van der Waals surface area contributed by atoms with E-state index in [1.165, 1.54) is 6.07 Å². The Balaban J connectivity index is 0.000000179. The molecule has 0 aliphatic heterocycles. The number of aryl methyl sites for hydroxylation is 1. The number of aromatic nitrogens is 3. The number of halogens is 7. The Morgan fingerprint density at radius 3 is 1.75 bits per heavy atom. The standard InChI is InChI=1S/C16H11ClF2N2.C10H5Cl2F2N/c1-8-5-10(3-4-20-8)16-9(2)15(17)14-12(19)6-11(18)7-13(14)21-16;1-4-9(11)8-6(14)2-5(13)3-7(8)15-10(4)12/h3-7H,1-2H3;2-3H,1H3. The normalized spacial score (nSPS) is 11.1. The van der Waals surface area contributed by atoms with E-state index < -0.39 is 23.3 Å². The van der Waals surface area contributed by atoms with Crippen molar-refractivity contribution in [2.24, 2.45) is 0 Å². The van der Waals surface area contributed by atoms with Crippen molar-refractivity contribution in [1.29, 1.82) is 0 Å². The maximum absolute atomic E-state index is 13.9. The Kier molecular flexibility index (Phi) is 7.36. The number of hydrogen-bond acceptors (Lipinski definition) is 3. The third kappa shape index (κ3) is 4.96. The SMILES string of the molecule is Cc1c(Cl)nc2cc(F)cc(F)c2c1Cl.Cc1cc(-c2nc3cc(F)cc(F)c3c(Cl)c2C)ccn1. The molecule has 0 saturated carbocycles. The minimum absolute atomic E-state index is 0.0972. The first kappa shape index (κ1) is 26.1. The first-order valence-electron chi connectivity index (χ1n) is 10.5. The minimum atomic E-state index is -0.734. The Morgan fingerprint density at radius 2 is 1.19 bits per heavy atom. The summed E-state index contributed by atoms with van der Waals surface area (Å²) in [5.74, 6) is -2.82. The molecule has 0 aliphatic rings. The Labute approximate surface area is 218 Å². The summed E-state index contributed by atoms with van der Waals surface area (Å²) >= 11 is 17.9. The zero-order valence-corrected chi connectivity index (χ0v) is 21.3. The molecule has 0 saturated heterocycles. The predicted molar refractivity (Wildman–Crippen MR) is 136 cm³/mol. The van der Waals surface area contributed by atoms with Crippen LogP contribution in [-0.4, -0.2) is 15.0 Å². The molecule has 3 aromatic heterocycles. The molecule has 0 spiro atoms. The zero-order chi connectivity index (χ0) is 26.3. The van der Waals surface area contributed by atoms with Crippen molar-refractivity contribution in [2.75, 3.05) is 0 Å². The predicted octanol–water partition coefficient (Wildman–Crippen LogP) is 8.97. The van der Waals surface area contributed by atoms with E-state index in [2.05, 4.69) is 15.0 Å². The molecule has 5 aromatic rings. The molecule has 0 fully saturated rings. The smallest absolute Gasteiger partial charge is 0.137 e. The van der Waals surface area contributed by atoms with Crippen LogP contribution >= 0.6 is 34.8 Å². The molecule has 184 valence electrons. The van der Waals surface area contributed by atoms with Gasteiger partial charge in [-0.05, 0) is 38.5 Å². The highest BCUT2D eigenvalue weighted by Gasteiger charge is 2.16. The van der Waals surface area contributed by atoms with Crippen molar-refractivity contribution >= 4 is 56.6 Å². The summed E-state index contributed by atoms with van der Waals surface area (Å²) in [6, 6.07) is 7.50. The van der Waals surface area contributed by atoms with Crippen molar-refractivity contribution in [2.45, 2.75) is 20.8 Å². The fraction of sp³-hybridized carbons (Fsp3) is 0.115. The molecule has 0 unspecified atom stereocenters. The van der Waals surface area contributed by atoms with Gasteiger partial charge in [0.15, 0.2) is 0 Å². The molecule has 0 amide bonds. The van der Waals surface area contributed by atoms with Crippen LogP contribution in [0.5, 0.6) is 0 Å². The molecule has 3 nitrogen and oxygen atoms in total. The molecule has 0 aliphatic carbocycles. The third-order valence-corrected chi connectivity index (χ3v) is 6.76. The van der Waals surface area contributed by atoms with Crippen LogP contribution in [-0.2, 0) is 0 Å². The molecule has 36 heavy (non-hydrogen) atoms. The van der Waals surface area contributed by atoms with Gasteiger partial charge in [0.1, 0.15) is 28.4 Å². The van der Waals surface area contributed by atoms with Crippen LogP contribution in [0.1, 0.15) is 16.8 Å². The largest absolute Gasteiger partial charge is 0.262 e. The van der Waals surface area contributed by atoms with E-state index in [4.69, 9.17) is 34.8 Å². The fourth-order valence-electron chi connectivity index (χ4n) is 3.67. The van der Waals surface area contributed by atoms with Crippen LogP contribution in [0.2, 0.25) is 15.2 Å². The van der Waals surface area contributed by atoms with Gasteiger partial charge in [-0.15, -0.1) is 0 Å². The van der Waals surface area contributed by atoms with E-state index in [1.807, 2.05) is 13.0 Å². The van der Waals surface area contributed by atoms with Crippen molar-refractivity contribution in [3.63, 3.8) is 0 Å². The quantitative estimate of drug-likeness (QED) is 0.154.